The molecule has 2 aliphatic rings. The predicted molar refractivity (Wildman–Crippen MR) is 96.1 cm³/mol. The van der Waals surface area contributed by atoms with Crippen LogP contribution in [0.4, 0.5) is 0 Å². The van der Waals surface area contributed by atoms with E-state index in [0.29, 0.717) is 0 Å². The number of rotatable bonds is 9. The Morgan fingerprint density at radius 2 is 1.45 bits per heavy atom. The van der Waals surface area contributed by atoms with Crippen molar-refractivity contribution in [2.45, 2.75) is 84.0 Å². The van der Waals surface area contributed by atoms with Gasteiger partial charge < -0.3 is 4.74 Å². The first-order valence-electron chi connectivity index (χ1n) is 10.0. The standard InChI is InChI=1S/C21H38O/c1-3-5-6-7-18-8-12-20(13-9-18)21-14-10-19(11-15-21)17-22-16-4-2/h4,18-21H,2-3,5-17H2,1H3/t18-,19-,20-,21-. The molecule has 0 amide bonds. The van der Waals surface area contributed by atoms with Crippen LogP contribution in [0.25, 0.3) is 0 Å². The maximum absolute atomic E-state index is 5.65. The monoisotopic (exact) mass is 306 g/mol. The van der Waals surface area contributed by atoms with E-state index in [2.05, 4.69) is 13.5 Å². The highest BCUT2D eigenvalue weighted by molar-refractivity contribution is 4.82. The quantitative estimate of drug-likeness (QED) is 0.354. The second kappa shape index (κ2) is 10.5. The highest BCUT2D eigenvalue weighted by Gasteiger charge is 2.30. The lowest BCUT2D eigenvalue weighted by Crippen LogP contribution is -2.27. The van der Waals surface area contributed by atoms with E-state index in [1.54, 1.807) is 0 Å². The molecule has 2 aliphatic carbocycles. The Morgan fingerprint density at radius 3 is 2.00 bits per heavy atom. The van der Waals surface area contributed by atoms with Gasteiger partial charge in [-0.15, -0.1) is 6.58 Å². The molecule has 0 heterocycles. The van der Waals surface area contributed by atoms with E-state index in [9.17, 15) is 0 Å². The normalized spacial score (nSPS) is 32.8. The third kappa shape index (κ3) is 6.07. The lowest BCUT2D eigenvalue weighted by atomic mass is 9.69. The summed E-state index contributed by atoms with van der Waals surface area (Å²) in [5.41, 5.74) is 0. The first-order valence-corrected chi connectivity index (χ1v) is 10.0. The molecule has 0 aromatic carbocycles. The van der Waals surface area contributed by atoms with Crippen LogP contribution in [0.2, 0.25) is 0 Å². The summed E-state index contributed by atoms with van der Waals surface area (Å²) in [6.07, 6.45) is 19.5. The first-order chi connectivity index (χ1) is 10.8. The summed E-state index contributed by atoms with van der Waals surface area (Å²) in [6, 6.07) is 0. The maximum Gasteiger partial charge on any atom is 0.0644 e. The number of unbranched alkanes of at least 4 members (excludes halogenated alkanes) is 2. The topological polar surface area (TPSA) is 9.23 Å². The van der Waals surface area contributed by atoms with Crippen LogP contribution >= 0.6 is 0 Å². The molecule has 22 heavy (non-hydrogen) atoms. The Labute approximate surface area is 138 Å². The van der Waals surface area contributed by atoms with Crippen molar-refractivity contribution in [3.63, 3.8) is 0 Å². The largest absolute Gasteiger partial charge is 0.377 e. The zero-order chi connectivity index (χ0) is 15.6. The van der Waals surface area contributed by atoms with Crippen molar-refractivity contribution in [2.24, 2.45) is 23.7 Å². The SMILES string of the molecule is C=CCOC[C@H]1CC[C@H]([C@H]2CC[C@H](CCCCC)CC2)CC1. The van der Waals surface area contributed by atoms with E-state index in [4.69, 9.17) is 4.74 Å². The van der Waals surface area contributed by atoms with Crippen LogP contribution in [0.5, 0.6) is 0 Å². The van der Waals surface area contributed by atoms with Crippen LogP contribution in [0.3, 0.4) is 0 Å². The molecule has 0 spiro atoms. The molecule has 0 saturated heterocycles. The second-order valence-corrected chi connectivity index (χ2v) is 7.88. The molecule has 0 atom stereocenters. The molecule has 2 fully saturated rings. The minimum Gasteiger partial charge on any atom is -0.377 e. The smallest absolute Gasteiger partial charge is 0.0644 e. The molecular weight excluding hydrogens is 268 g/mol. The molecule has 0 aromatic heterocycles. The van der Waals surface area contributed by atoms with Gasteiger partial charge in [-0.25, -0.2) is 0 Å². The Balaban J connectivity index is 1.59. The van der Waals surface area contributed by atoms with Gasteiger partial charge in [-0.05, 0) is 62.2 Å². The van der Waals surface area contributed by atoms with Crippen LogP contribution in [0, 0.1) is 23.7 Å². The fraction of sp³-hybridized carbons (Fsp3) is 0.905. The van der Waals surface area contributed by atoms with Crippen molar-refractivity contribution in [3.05, 3.63) is 12.7 Å². The van der Waals surface area contributed by atoms with Crippen LogP contribution in [-0.2, 0) is 4.74 Å². The summed E-state index contributed by atoms with van der Waals surface area (Å²) < 4.78 is 5.65. The summed E-state index contributed by atoms with van der Waals surface area (Å²) in [7, 11) is 0. The van der Waals surface area contributed by atoms with E-state index in [-0.39, 0.29) is 0 Å². The van der Waals surface area contributed by atoms with Gasteiger partial charge in [0.15, 0.2) is 0 Å². The lowest BCUT2D eigenvalue weighted by molar-refractivity contribution is 0.0779. The van der Waals surface area contributed by atoms with Crippen LogP contribution in [0.15, 0.2) is 12.7 Å². The molecule has 0 aliphatic heterocycles. The van der Waals surface area contributed by atoms with E-state index in [1.165, 1.54) is 77.0 Å². The summed E-state index contributed by atoms with van der Waals surface area (Å²) in [4.78, 5) is 0. The Morgan fingerprint density at radius 1 is 0.864 bits per heavy atom. The minimum atomic E-state index is 0.724. The molecule has 0 aromatic rings. The molecule has 2 saturated carbocycles. The average Bonchev–Trinajstić information content (AvgIpc) is 2.57. The van der Waals surface area contributed by atoms with Crippen molar-refractivity contribution >= 4 is 0 Å². The number of hydrogen-bond acceptors (Lipinski definition) is 1. The van der Waals surface area contributed by atoms with E-state index in [1.807, 2.05) is 6.08 Å². The third-order valence-electron chi connectivity index (χ3n) is 6.25. The predicted octanol–water partition coefficient (Wildman–Crippen LogP) is 6.38. The molecule has 0 radical (unpaired) electrons. The van der Waals surface area contributed by atoms with Crippen molar-refractivity contribution in [3.8, 4) is 0 Å². The van der Waals surface area contributed by atoms with Crippen molar-refractivity contribution < 1.29 is 4.74 Å². The van der Waals surface area contributed by atoms with Crippen LogP contribution in [-0.4, -0.2) is 13.2 Å². The van der Waals surface area contributed by atoms with E-state index in [0.717, 1.165) is 36.9 Å². The molecule has 1 heteroatoms. The van der Waals surface area contributed by atoms with Crippen molar-refractivity contribution in [1.82, 2.24) is 0 Å². The summed E-state index contributed by atoms with van der Waals surface area (Å²) >= 11 is 0. The van der Waals surface area contributed by atoms with Crippen LogP contribution in [0.1, 0.15) is 84.0 Å². The van der Waals surface area contributed by atoms with Crippen LogP contribution < -0.4 is 0 Å². The molecule has 2 rings (SSSR count). The number of ether oxygens (including phenoxy) is 1. The minimum absolute atomic E-state index is 0.724. The fourth-order valence-corrected chi connectivity index (χ4v) is 4.78. The molecule has 0 bridgehead atoms. The Bertz CT molecular complexity index is 282. The second-order valence-electron chi connectivity index (χ2n) is 7.88. The maximum atomic E-state index is 5.65. The van der Waals surface area contributed by atoms with E-state index >= 15 is 0 Å². The zero-order valence-electron chi connectivity index (χ0n) is 14.9. The van der Waals surface area contributed by atoms with E-state index < -0.39 is 0 Å². The Kier molecular flexibility index (Phi) is 8.59. The van der Waals surface area contributed by atoms with Gasteiger partial charge in [-0.3, -0.25) is 0 Å². The molecule has 1 nitrogen and oxygen atoms in total. The van der Waals surface area contributed by atoms with Gasteiger partial charge in [0.05, 0.1) is 6.61 Å². The summed E-state index contributed by atoms with van der Waals surface area (Å²) in [5, 5.41) is 0. The zero-order valence-corrected chi connectivity index (χ0v) is 14.9. The van der Waals surface area contributed by atoms with Crippen molar-refractivity contribution in [1.29, 1.82) is 0 Å². The van der Waals surface area contributed by atoms with Gasteiger partial charge in [0.25, 0.3) is 0 Å². The lowest BCUT2D eigenvalue weighted by Gasteiger charge is -2.38. The summed E-state index contributed by atoms with van der Waals surface area (Å²) in [5.74, 6) is 3.97. The Hall–Kier alpha value is -0.300. The first kappa shape index (κ1) is 18.0. The van der Waals surface area contributed by atoms with Gasteiger partial charge in [-0.1, -0.05) is 51.5 Å². The fourth-order valence-electron chi connectivity index (χ4n) is 4.78. The highest BCUT2D eigenvalue weighted by atomic mass is 16.5. The summed E-state index contributed by atoms with van der Waals surface area (Å²) in [6.45, 7) is 7.72. The molecule has 0 N–H and O–H groups in total. The van der Waals surface area contributed by atoms with Gasteiger partial charge in [0, 0.05) is 6.61 Å². The third-order valence-corrected chi connectivity index (χ3v) is 6.25. The van der Waals surface area contributed by atoms with Gasteiger partial charge in [-0.2, -0.15) is 0 Å². The average molecular weight is 307 g/mol. The molecule has 128 valence electrons. The molecule has 0 unspecified atom stereocenters. The van der Waals surface area contributed by atoms with Gasteiger partial charge >= 0.3 is 0 Å². The molecular formula is C21H38O. The van der Waals surface area contributed by atoms with Gasteiger partial charge in [0.1, 0.15) is 0 Å². The van der Waals surface area contributed by atoms with Crippen molar-refractivity contribution in [2.75, 3.05) is 13.2 Å². The van der Waals surface area contributed by atoms with Gasteiger partial charge in [0.2, 0.25) is 0 Å². The highest BCUT2D eigenvalue weighted by Crippen LogP contribution is 2.42. The number of hydrogen-bond donors (Lipinski definition) is 0.